The molecule has 3 aromatic rings. The zero-order valence-corrected chi connectivity index (χ0v) is 20.2. The minimum absolute atomic E-state index is 0.0322. The van der Waals surface area contributed by atoms with Gasteiger partial charge in [-0.25, -0.2) is 9.97 Å². The molecule has 174 valence electrons. The van der Waals surface area contributed by atoms with Crippen molar-refractivity contribution in [1.29, 1.82) is 0 Å². The normalized spacial score (nSPS) is 16.2. The highest BCUT2D eigenvalue weighted by Gasteiger charge is 2.31. The van der Waals surface area contributed by atoms with Crippen molar-refractivity contribution in [2.24, 2.45) is 0 Å². The van der Waals surface area contributed by atoms with Crippen molar-refractivity contribution in [1.82, 2.24) is 29.6 Å². The van der Waals surface area contributed by atoms with Crippen molar-refractivity contribution in [3.63, 3.8) is 0 Å². The third-order valence-electron chi connectivity index (χ3n) is 6.75. The minimum atomic E-state index is -0.0322. The third kappa shape index (κ3) is 4.97. The summed E-state index contributed by atoms with van der Waals surface area (Å²) in [5, 5.41) is 4.61. The Balaban J connectivity index is 1.62. The van der Waals surface area contributed by atoms with Crippen LogP contribution in [0.25, 0.3) is 11.1 Å². The predicted octanol–water partition coefficient (Wildman–Crippen LogP) is 4.76. The van der Waals surface area contributed by atoms with Crippen LogP contribution in [0.1, 0.15) is 73.5 Å². The zero-order valence-electron chi connectivity index (χ0n) is 20.2. The molecule has 7 heteroatoms. The van der Waals surface area contributed by atoms with Crippen molar-refractivity contribution in [2.75, 3.05) is 6.54 Å². The van der Waals surface area contributed by atoms with E-state index in [1.54, 1.807) is 12.4 Å². The van der Waals surface area contributed by atoms with Crippen LogP contribution in [0.5, 0.6) is 0 Å². The number of amides is 1. The maximum atomic E-state index is 13.4. The molecule has 1 amide bonds. The van der Waals surface area contributed by atoms with Gasteiger partial charge in [-0.2, -0.15) is 5.10 Å². The second kappa shape index (κ2) is 10.2. The molecule has 1 aliphatic rings. The van der Waals surface area contributed by atoms with E-state index in [2.05, 4.69) is 35.8 Å². The molecule has 0 radical (unpaired) electrons. The van der Waals surface area contributed by atoms with E-state index >= 15 is 0 Å². The fourth-order valence-corrected chi connectivity index (χ4v) is 4.65. The van der Waals surface area contributed by atoms with Gasteiger partial charge in [0.2, 0.25) is 5.91 Å². The number of likely N-dealkylation sites (tertiary alicyclic amines) is 1. The van der Waals surface area contributed by atoms with Crippen LogP contribution in [0.3, 0.4) is 0 Å². The lowest BCUT2D eigenvalue weighted by molar-refractivity contribution is -0.135. The maximum absolute atomic E-state index is 13.4. The van der Waals surface area contributed by atoms with Gasteiger partial charge in [0.15, 0.2) is 0 Å². The number of hydrogen-bond donors (Lipinski definition) is 0. The predicted molar refractivity (Wildman–Crippen MR) is 129 cm³/mol. The molecule has 0 unspecified atom stereocenters. The third-order valence-corrected chi connectivity index (χ3v) is 6.75. The SMILES string of the molecule is CCCc1ncc(-c2ccncc2)c([C@H]2CCCCN2C(=O)CCn2nc(C)c(C)c2C)n1. The van der Waals surface area contributed by atoms with Crippen LogP contribution in [-0.2, 0) is 17.8 Å². The quantitative estimate of drug-likeness (QED) is 0.523. The van der Waals surface area contributed by atoms with Gasteiger partial charge in [0.25, 0.3) is 0 Å². The second-order valence-corrected chi connectivity index (χ2v) is 8.94. The van der Waals surface area contributed by atoms with Gasteiger partial charge in [-0.1, -0.05) is 6.92 Å². The van der Waals surface area contributed by atoms with Crippen molar-refractivity contribution >= 4 is 5.91 Å². The van der Waals surface area contributed by atoms with E-state index in [0.717, 1.165) is 72.7 Å². The van der Waals surface area contributed by atoms with Crippen LogP contribution in [0.4, 0.5) is 0 Å². The Morgan fingerprint density at radius 3 is 2.64 bits per heavy atom. The fraction of sp³-hybridized carbons (Fsp3) is 0.500. The molecule has 7 nitrogen and oxygen atoms in total. The van der Waals surface area contributed by atoms with Gasteiger partial charge in [0, 0.05) is 55.8 Å². The standard InChI is InChI=1S/C26H34N6O/c1-5-8-24-28-17-22(21-10-13-27-14-11-21)26(29-24)23-9-6-7-15-31(23)25(33)12-16-32-20(4)18(2)19(3)30-32/h10-11,13-14,17,23H,5-9,12,15-16H2,1-4H3/t23-/m1/s1. The summed E-state index contributed by atoms with van der Waals surface area (Å²) in [5.41, 5.74) is 6.37. The molecule has 0 spiro atoms. The lowest BCUT2D eigenvalue weighted by atomic mass is 9.93. The molecule has 33 heavy (non-hydrogen) atoms. The Labute approximate surface area is 196 Å². The summed E-state index contributed by atoms with van der Waals surface area (Å²) in [6.45, 7) is 9.68. The number of aryl methyl sites for hydroxylation is 3. The van der Waals surface area contributed by atoms with Gasteiger partial charge in [-0.05, 0) is 69.7 Å². The number of rotatable bonds is 7. The highest BCUT2D eigenvalue weighted by molar-refractivity contribution is 5.77. The average molecular weight is 447 g/mol. The van der Waals surface area contributed by atoms with Crippen LogP contribution in [-0.4, -0.2) is 42.1 Å². The Morgan fingerprint density at radius 2 is 1.94 bits per heavy atom. The Kier molecular flexibility index (Phi) is 7.16. The van der Waals surface area contributed by atoms with E-state index in [1.807, 2.05) is 34.8 Å². The second-order valence-electron chi connectivity index (χ2n) is 8.94. The topological polar surface area (TPSA) is 76.8 Å². The van der Waals surface area contributed by atoms with Crippen LogP contribution in [0.2, 0.25) is 0 Å². The molecule has 0 saturated carbocycles. The first-order valence-corrected chi connectivity index (χ1v) is 12.1. The van der Waals surface area contributed by atoms with Gasteiger partial charge in [0.1, 0.15) is 5.82 Å². The molecule has 0 aliphatic carbocycles. The first kappa shape index (κ1) is 23.1. The number of aromatic nitrogens is 5. The molecular weight excluding hydrogens is 412 g/mol. The molecule has 3 aromatic heterocycles. The number of carbonyl (C=O) groups excluding carboxylic acids is 1. The Hall–Kier alpha value is -3.09. The average Bonchev–Trinajstić information content (AvgIpc) is 3.09. The highest BCUT2D eigenvalue weighted by atomic mass is 16.2. The highest BCUT2D eigenvalue weighted by Crippen LogP contribution is 2.36. The minimum Gasteiger partial charge on any atom is -0.334 e. The van der Waals surface area contributed by atoms with Crippen molar-refractivity contribution in [3.05, 3.63) is 59.2 Å². The van der Waals surface area contributed by atoms with E-state index in [9.17, 15) is 4.79 Å². The molecule has 1 fully saturated rings. The van der Waals surface area contributed by atoms with Gasteiger partial charge in [-0.15, -0.1) is 0 Å². The molecule has 0 bridgehead atoms. The zero-order chi connectivity index (χ0) is 23.4. The summed E-state index contributed by atoms with van der Waals surface area (Å²) in [5.74, 6) is 1.02. The molecule has 0 N–H and O–H groups in total. The number of piperidine rings is 1. The summed E-state index contributed by atoms with van der Waals surface area (Å²) >= 11 is 0. The summed E-state index contributed by atoms with van der Waals surface area (Å²) in [4.78, 5) is 29.3. The van der Waals surface area contributed by atoms with E-state index < -0.39 is 0 Å². The van der Waals surface area contributed by atoms with Crippen LogP contribution >= 0.6 is 0 Å². The summed E-state index contributed by atoms with van der Waals surface area (Å²) in [6.07, 6.45) is 10.8. The van der Waals surface area contributed by atoms with Gasteiger partial charge in [-0.3, -0.25) is 14.5 Å². The summed E-state index contributed by atoms with van der Waals surface area (Å²) in [7, 11) is 0. The molecule has 4 rings (SSSR count). The van der Waals surface area contributed by atoms with E-state index in [0.29, 0.717) is 13.0 Å². The maximum Gasteiger partial charge on any atom is 0.225 e. The Bertz CT molecular complexity index is 1110. The molecular formula is C26H34N6O. The Morgan fingerprint density at radius 1 is 1.15 bits per heavy atom. The number of nitrogens with zero attached hydrogens (tertiary/aromatic N) is 6. The van der Waals surface area contributed by atoms with Gasteiger partial charge < -0.3 is 4.90 Å². The van der Waals surface area contributed by atoms with Crippen LogP contribution < -0.4 is 0 Å². The molecule has 1 aliphatic heterocycles. The van der Waals surface area contributed by atoms with Gasteiger partial charge in [0.05, 0.1) is 17.4 Å². The smallest absolute Gasteiger partial charge is 0.225 e. The lowest BCUT2D eigenvalue weighted by Gasteiger charge is -2.36. The van der Waals surface area contributed by atoms with Gasteiger partial charge >= 0.3 is 0 Å². The van der Waals surface area contributed by atoms with Crippen molar-refractivity contribution in [3.8, 4) is 11.1 Å². The lowest BCUT2D eigenvalue weighted by Crippen LogP contribution is -2.39. The fourth-order valence-electron chi connectivity index (χ4n) is 4.65. The van der Waals surface area contributed by atoms with Crippen molar-refractivity contribution in [2.45, 2.75) is 78.8 Å². The van der Waals surface area contributed by atoms with Crippen LogP contribution in [0.15, 0.2) is 30.7 Å². The molecule has 1 atom stereocenters. The van der Waals surface area contributed by atoms with E-state index in [4.69, 9.17) is 4.98 Å². The summed E-state index contributed by atoms with van der Waals surface area (Å²) < 4.78 is 1.97. The number of hydrogen-bond acceptors (Lipinski definition) is 5. The number of pyridine rings is 1. The molecule has 1 saturated heterocycles. The monoisotopic (exact) mass is 446 g/mol. The number of carbonyl (C=O) groups is 1. The van der Waals surface area contributed by atoms with E-state index in [1.165, 1.54) is 5.56 Å². The van der Waals surface area contributed by atoms with Crippen molar-refractivity contribution < 1.29 is 4.79 Å². The first-order valence-electron chi connectivity index (χ1n) is 12.1. The summed E-state index contributed by atoms with van der Waals surface area (Å²) in [6, 6.07) is 3.94. The van der Waals surface area contributed by atoms with Crippen LogP contribution in [0, 0.1) is 20.8 Å². The molecule has 4 heterocycles. The first-order chi connectivity index (χ1) is 16.0. The largest absolute Gasteiger partial charge is 0.334 e. The van der Waals surface area contributed by atoms with E-state index in [-0.39, 0.29) is 11.9 Å². The molecule has 0 aromatic carbocycles.